The van der Waals surface area contributed by atoms with E-state index in [1.165, 1.54) is 25.7 Å². The van der Waals surface area contributed by atoms with Crippen molar-refractivity contribution in [2.75, 3.05) is 43.2 Å². The lowest BCUT2D eigenvalue weighted by atomic mass is 9.82. The van der Waals surface area contributed by atoms with Crippen molar-refractivity contribution in [2.45, 2.75) is 45.4 Å². The van der Waals surface area contributed by atoms with E-state index in [2.05, 4.69) is 23.0 Å². The van der Waals surface area contributed by atoms with Gasteiger partial charge in [0.1, 0.15) is 5.82 Å². The van der Waals surface area contributed by atoms with E-state index >= 15 is 0 Å². The van der Waals surface area contributed by atoms with Crippen molar-refractivity contribution < 1.29 is 4.21 Å². The summed E-state index contributed by atoms with van der Waals surface area (Å²) >= 11 is 0. The SMILES string of the molecule is CCCCS(=O)NCC1CCC(CNc2nc(N(C)C)c3ccccc3n2)CC1. The molecule has 160 valence electrons. The van der Waals surface area contributed by atoms with Gasteiger partial charge in [-0.2, -0.15) is 4.98 Å². The Morgan fingerprint density at radius 1 is 1.07 bits per heavy atom. The molecule has 1 saturated carbocycles. The average Bonchev–Trinajstić information content (AvgIpc) is 2.74. The van der Waals surface area contributed by atoms with Crippen molar-refractivity contribution in [3.63, 3.8) is 0 Å². The second-order valence-corrected chi connectivity index (χ2v) is 9.69. The zero-order chi connectivity index (χ0) is 20.6. The Labute approximate surface area is 177 Å². The van der Waals surface area contributed by atoms with Crippen LogP contribution in [0.4, 0.5) is 11.8 Å². The summed E-state index contributed by atoms with van der Waals surface area (Å²) in [5.74, 6) is 3.73. The first kappa shape index (κ1) is 22.0. The lowest BCUT2D eigenvalue weighted by molar-refractivity contribution is 0.285. The molecule has 1 unspecified atom stereocenters. The minimum Gasteiger partial charge on any atom is -0.362 e. The fourth-order valence-electron chi connectivity index (χ4n) is 3.91. The third-order valence-electron chi connectivity index (χ3n) is 5.74. The number of benzene rings is 1. The monoisotopic (exact) mass is 417 g/mol. The van der Waals surface area contributed by atoms with Crippen molar-refractivity contribution in [1.82, 2.24) is 14.7 Å². The first-order chi connectivity index (χ1) is 14.1. The maximum absolute atomic E-state index is 11.9. The normalized spacial score (nSPS) is 20.5. The van der Waals surface area contributed by atoms with Gasteiger partial charge in [0, 0.05) is 38.3 Å². The van der Waals surface area contributed by atoms with E-state index in [9.17, 15) is 4.21 Å². The standard InChI is InChI=1S/C22H35N5OS/c1-4-5-14-29(28)24-16-18-12-10-17(11-13-18)15-23-22-25-20-9-7-6-8-19(20)21(26-22)27(2)3/h6-9,17-18,24H,4-5,10-16H2,1-3H3,(H,23,25,26). The van der Waals surface area contributed by atoms with Gasteiger partial charge < -0.3 is 10.2 Å². The summed E-state index contributed by atoms with van der Waals surface area (Å²) in [5, 5.41) is 4.55. The fourth-order valence-corrected chi connectivity index (χ4v) is 5.03. The van der Waals surface area contributed by atoms with Crippen LogP contribution in [-0.2, 0) is 11.0 Å². The van der Waals surface area contributed by atoms with Crippen LogP contribution in [0.2, 0.25) is 0 Å². The summed E-state index contributed by atoms with van der Waals surface area (Å²) in [4.78, 5) is 11.5. The molecule has 0 amide bonds. The molecular formula is C22H35N5OS. The van der Waals surface area contributed by atoms with E-state index < -0.39 is 11.0 Å². The Bertz CT molecular complexity index is 805. The van der Waals surface area contributed by atoms with Gasteiger partial charge in [0.15, 0.2) is 0 Å². The van der Waals surface area contributed by atoms with E-state index in [0.29, 0.717) is 17.8 Å². The van der Waals surface area contributed by atoms with Gasteiger partial charge in [-0.05, 0) is 56.1 Å². The Kier molecular flexibility index (Phi) is 8.24. The number of unbranched alkanes of at least 4 members (excludes halogenated alkanes) is 1. The van der Waals surface area contributed by atoms with E-state index in [1.807, 2.05) is 37.2 Å². The topological polar surface area (TPSA) is 70.2 Å². The molecular weight excluding hydrogens is 382 g/mol. The summed E-state index contributed by atoms with van der Waals surface area (Å²) in [5.41, 5.74) is 0.972. The van der Waals surface area contributed by atoms with Crippen LogP contribution in [0, 0.1) is 11.8 Å². The van der Waals surface area contributed by atoms with Gasteiger partial charge in [0.2, 0.25) is 5.95 Å². The van der Waals surface area contributed by atoms with Crippen molar-refractivity contribution in [1.29, 1.82) is 0 Å². The van der Waals surface area contributed by atoms with Gasteiger partial charge in [0.05, 0.1) is 16.5 Å². The lowest BCUT2D eigenvalue weighted by Gasteiger charge is -2.28. The summed E-state index contributed by atoms with van der Waals surface area (Å²) in [7, 11) is 3.17. The van der Waals surface area contributed by atoms with Gasteiger partial charge in [0.25, 0.3) is 0 Å². The molecule has 1 heterocycles. The summed E-state index contributed by atoms with van der Waals surface area (Å²) in [6, 6.07) is 8.15. The van der Waals surface area contributed by atoms with Crippen molar-refractivity contribution in [3.05, 3.63) is 24.3 Å². The second-order valence-electron chi connectivity index (χ2n) is 8.30. The highest BCUT2D eigenvalue weighted by molar-refractivity contribution is 7.83. The Morgan fingerprint density at radius 2 is 1.76 bits per heavy atom. The molecule has 1 aromatic heterocycles. The molecule has 2 N–H and O–H groups in total. The van der Waals surface area contributed by atoms with Gasteiger partial charge in [-0.3, -0.25) is 0 Å². The van der Waals surface area contributed by atoms with Crippen molar-refractivity contribution in [2.24, 2.45) is 11.8 Å². The van der Waals surface area contributed by atoms with Gasteiger partial charge in [-0.25, -0.2) is 13.9 Å². The van der Waals surface area contributed by atoms with Crippen molar-refractivity contribution in [3.8, 4) is 0 Å². The summed E-state index contributed by atoms with van der Waals surface area (Å²) in [6.45, 7) is 3.93. The number of hydrogen-bond donors (Lipinski definition) is 2. The zero-order valence-electron chi connectivity index (χ0n) is 18.0. The molecule has 29 heavy (non-hydrogen) atoms. The Balaban J connectivity index is 1.47. The molecule has 0 spiro atoms. The number of hydrogen-bond acceptors (Lipinski definition) is 5. The van der Waals surface area contributed by atoms with Gasteiger partial charge in [-0.15, -0.1) is 0 Å². The number of fused-ring (bicyclic) bond motifs is 1. The molecule has 0 radical (unpaired) electrons. The lowest BCUT2D eigenvalue weighted by Crippen LogP contribution is -2.30. The minimum absolute atomic E-state index is 0.647. The number of nitrogens with one attached hydrogen (secondary N) is 2. The van der Waals surface area contributed by atoms with Gasteiger partial charge in [-0.1, -0.05) is 25.5 Å². The number of anilines is 2. The predicted octanol–water partition coefficient (Wildman–Crippen LogP) is 3.97. The van der Waals surface area contributed by atoms with E-state index in [4.69, 9.17) is 9.97 Å². The van der Waals surface area contributed by atoms with Crippen LogP contribution in [0.5, 0.6) is 0 Å². The molecule has 0 aliphatic heterocycles. The van der Waals surface area contributed by atoms with E-state index in [-0.39, 0.29) is 0 Å². The largest absolute Gasteiger partial charge is 0.362 e. The number of para-hydroxylation sites is 1. The zero-order valence-corrected chi connectivity index (χ0v) is 18.8. The van der Waals surface area contributed by atoms with Gasteiger partial charge >= 0.3 is 0 Å². The molecule has 2 aromatic rings. The first-order valence-corrected chi connectivity index (χ1v) is 12.2. The van der Waals surface area contributed by atoms with Crippen LogP contribution < -0.4 is 14.9 Å². The average molecular weight is 418 g/mol. The highest BCUT2D eigenvalue weighted by Gasteiger charge is 2.22. The van der Waals surface area contributed by atoms with E-state index in [1.54, 1.807) is 0 Å². The number of nitrogens with zero attached hydrogens (tertiary/aromatic N) is 3. The second kappa shape index (κ2) is 10.9. The molecule has 0 saturated heterocycles. The van der Waals surface area contributed by atoms with E-state index in [0.717, 1.165) is 48.4 Å². The maximum atomic E-state index is 11.9. The molecule has 0 bridgehead atoms. The molecule has 1 aliphatic carbocycles. The number of aromatic nitrogens is 2. The van der Waals surface area contributed by atoms with Crippen LogP contribution >= 0.6 is 0 Å². The fraction of sp³-hybridized carbons (Fsp3) is 0.636. The smallest absolute Gasteiger partial charge is 0.225 e. The first-order valence-electron chi connectivity index (χ1n) is 10.9. The minimum atomic E-state index is -0.859. The predicted molar refractivity (Wildman–Crippen MR) is 124 cm³/mol. The van der Waals surface area contributed by atoms with Crippen LogP contribution in [0.25, 0.3) is 10.9 Å². The summed E-state index contributed by atoms with van der Waals surface area (Å²) < 4.78 is 15.1. The molecule has 1 atom stereocenters. The number of rotatable bonds is 10. The molecule has 3 rings (SSSR count). The van der Waals surface area contributed by atoms with Crippen LogP contribution in [0.1, 0.15) is 45.4 Å². The molecule has 1 aliphatic rings. The third kappa shape index (κ3) is 6.37. The highest BCUT2D eigenvalue weighted by atomic mass is 32.2. The summed E-state index contributed by atoms with van der Waals surface area (Å²) in [6.07, 6.45) is 6.94. The Morgan fingerprint density at radius 3 is 2.45 bits per heavy atom. The third-order valence-corrected chi connectivity index (χ3v) is 6.89. The molecule has 1 aromatic carbocycles. The maximum Gasteiger partial charge on any atom is 0.225 e. The quantitative estimate of drug-likeness (QED) is 0.612. The Hall–Kier alpha value is -1.73. The molecule has 1 fully saturated rings. The molecule has 7 heteroatoms. The van der Waals surface area contributed by atoms with Crippen LogP contribution in [-0.4, -0.2) is 47.1 Å². The molecule has 6 nitrogen and oxygen atoms in total. The van der Waals surface area contributed by atoms with Crippen LogP contribution in [0.3, 0.4) is 0 Å². The highest BCUT2D eigenvalue weighted by Crippen LogP contribution is 2.29. The van der Waals surface area contributed by atoms with Crippen molar-refractivity contribution >= 4 is 33.7 Å². The van der Waals surface area contributed by atoms with Crippen LogP contribution in [0.15, 0.2) is 24.3 Å².